The molecule has 8 nitrogen and oxygen atoms in total. The van der Waals surface area contributed by atoms with E-state index in [1.807, 2.05) is 0 Å². The number of amides is 1. The van der Waals surface area contributed by atoms with Crippen LogP contribution in [0.1, 0.15) is 23.3 Å². The fraction of sp³-hybridized carbons (Fsp3) is 0.389. The molecule has 2 aliphatic heterocycles. The Morgan fingerprint density at radius 2 is 2.04 bits per heavy atom. The van der Waals surface area contributed by atoms with Gasteiger partial charge in [0.15, 0.2) is 11.5 Å². The molecule has 1 fully saturated rings. The molecular weight excluding hydrogens is 336 g/mol. The largest absolute Gasteiger partial charge is 0.486 e. The van der Waals surface area contributed by atoms with Gasteiger partial charge in [-0.15, -0.1) is 0 Å². The lowest BCUT2D eigenvalue weighted by Gasteiger charge is -2.19. The average molecular weight is 356 g/mol. The van der Waals surface area contributed by atoms with E-state index >= 15 is 0 Å². The summed E-state index contributed by atoms with van der Waals surface area (Å²) in [6.07, 6.45) is 3.83. The normalized spacial score (nSPS) is 18.4. The predicted octanol–water partition coefficient (Wildman–Crippen LogP) is 2.09. The number of rotatable bonds is 5. The first-order valence-corrected chi connectivity index (χ1v) is 8.67. The van der Waals surface area contributed by atoms with Crippen molar-refractivity contribution >= 4 is 17.5 Å². The highest BCUT2D eigenvalue weighted by atomic mass is 16.6. The molecule has 4 rings (SSSR count). The fourth-order valence-corrected chi connectivity index (χ4v) is 2.90. The van der Waals surface area contributed by atoms with Crippen LogP contribution in [-0.4, -0.2) is 48.3 Å². The lowest BCUT2D eigenvalue weighted by atomic mass is 10.2. The molecule has 26 heavy (non-hydrogen) atoms. The molecule has 0 aliphatic carbocycles. The molecule has 0 bridgehead atoms. The van der Waals surface area contributed by atoms with Crippen molar-refractivity contribution < 1.29 is 19.0 Å². The number of aromatic nitrogens is 2. The van der Waals surface area contributed by atoms with E-state index in [2.05, 4.69) is 20.6 Å². The summed E-state index contributed by atoms with van der Waals surface area (Å²) in [6.45, 7) is 2.45. The molecule has 8 heteroatoms. The topological polar surface area (TPSA) is 94.6 Å². The minimum absolute atomic E-state index is 0.175. The number of benzene rings is 1. The maximum absolute atomic E-state index is 12.5. The van der Waals surface area contributed by atoms with E-state index in [0.29, 0.717) is 42.9 Å². The number of nitrogens with one attached hydrogen (secondary N) is 2. The summed E-state index contributed by atoms with van der Waals surface area (Å²) in [5, 5.41) is 5.94. The predicted molar refractivity (Wildman–Crippen MR) is 94.9 cm³/mol. The highest BCUT2D eigenvalue weighted by Crippen LogP contribution is 2.32. The summed E-state index contributed by atoms with van der Waals surface area (Å²) in [5.41, 5.74) is 0.899. The second kappa shape index (κ2) is 7.57. The van der Waals surface area contributed by atoms with Crippen LogP contribution < -0.4 is 20.1 Å². The van der Waals surface area contributed by atoms with Crippen LogP contribution in [0.2, 0.25) is 0 Å². The molecule has 0 spiro atoms. The monoisotopic (exact) mass is 356 g/mol. The van der Waals surface area contributed by atoms with Crippen molar-refractivity contribution in [3.63, 3.8) is 0 Å². The fourth-order valence-electron chi connectivity index (χ4n) is 2.90. The van der Waals surface area contributed by atoms with Gasteiger partial charge >= 0.3 is 0 Å². The van der Waals surface area contributed by atoms with Gasteiger partial charge in [0.05, 0.1) is 6.10 Å². The molecule has 1 atom stereocenters. The SMILES string of the molecule is O=C(Nc1ccc2c(c1)OCCO2)c1ccnc(NCC2CCCO2)n1. The maximum Gasteiger partial charge on any atom is 0.274 e. The van der Waals surface area contributed by atoms with Crippen LogP contribution in [0, 0.1) is 0 Å². The van der Waals surface area contributed by atoms with Crippen LogP contribution in [-0.2, 0) is 4.74 Å². The van der Waals surface area contributed by atoms with Crippen LogP contribution in [0.15, 0.2) is 30.5 Å². The van der Waals surface area contributed by atoms with Crippen LogP contribution in [0.4, 0.5) is 11.6 Å². The quantitative estimate of drug-likeness (QED) is 0.847. The van der Waals surface area contributed by atoms with E-state index in [9.17, 15) is 4.79 Å². The number of fused-ring (bicyclic) bond motifs is 1. The first kappa shape index (κ1) is 16.6. The van der Waals surface area contributed by atoms with Crippen molar-refractivity contribution in [2.45, 2.75) is 18.9 Å². The highest BCUT2D eigenvalue weighted by Gasteiger charge is 2.17. The summed E-state index contributed by atoms with van der Waals surface area (Å²) in [4.78, 5) is 20.9. The zero-order valence-electron chi connectivity index (χ0n) is 14.2. The summed E-state index contributed by atoms with van der Waals surface area (Å²) in [7, 11) is 0. The van der Waals surface area contributed by atoms with E-state index in [4.69, 9.17) is 14.2 Å². The van der Waals surface area contributed by atoms with Gasteiger partial charge in [0.1, 0.15) is 18.9 Å². The van der Waals surface area contributed by atoms with Crippen molar-refractivity contribution in [3.8, 4) is 11.5 Å². The zero-order valence-corrected chi connectivity index (χ0v) is 14.2. The third-order valence-electron chi connectivity index (χ3n) is 4.20. The minimum atomic E-state index is -0.316. The summed E-state index contributed by atoms with van der Waals surface area (Å²) < 4.78 is 16.6. The van der Waals surface area contributed by atoms with Gasteiger partial charge in [0.25, 0.3) is 5.91 Å². The Kier molecular flexibility index (Phi) is 4.83. The number of hydrogen-bond acceptors (Lipinski definition) is 7. The molecule has 0 saturated carbocycles. The first-order valence-electron chi connectivity index (χ1n) is 8.67. The number of carbonyl (C=O) groups is 1. The molecule has 1 saturated heterocycles. The van der Waals surface area contributed by atoms with Gasteiger partial charge in [0.2, 0.25) is 5.95 Å². The van der Waals surface area contributed by atoms with E-state index in [0.717, 1.165) is 19.4 Å². The molecule has 2 aliphatic rings. The Bertz CT molecular complexity index is 793. The molecule has 1 aromatic carbocycles. The van der Waals surface area contributed by atoms with E-state index in [1.165, 1.54) is 0 Å². The Labute approximate surface area is 150 Å². The summed E-state index contributed by atoms with van der Waals surface area (Å²) in [6, 6.07) is 6.86. The molecular formula is C18H20N4O4. The Hall–Kier alpha value is -2.87. The molecule has 0 radical (unpaired) electrons. The second-order valence-electron chi connectivity index (χ2n) is 6.09. The zero-order chi connectivity index (χ0) is 17.8. The smallest absolute Gasteiger partial charge is 0.274 e. The average Bonchev–Trinajstić information content (AvgIpc) is 3.20. The van der Waals surface area contributed by atoms with Gasteiger partial charge in [-0.3, -0.25) is 4.79 Å². The van der Waals surface area contributed by atoms with Gasteiger partial charge in [0, 0.05) is 31.1 Å². The molecule has 2 N–H and O–H groups in total. The molecule has 3 heterocycles. The van der Waals surface area contributed by atoms with Gasteiger partial charge in [-0.25, -0.2) is 9.97 Å². The number of hydrogen-bond donors (Lipinski definition) is 2. The standard InChI is InChI=1S/C18H20N4O4/c23-17(21-12-3-4-15-16(10-12)26-9-8-25-15)14-5-6-19-18(22-14)20-11-13-2-1-7-24-13/h3-6,10,13H,1-2,7-9,11H2,(H,21,23)(H,19,20,22). The van der Waals surface area contributed by atoms with Crippen molar-refractivity contribution in [3.05, 3.63) is 36.2 Å². The molecule has 136 valence electrons. The lowest BCUT2D eigenvalue weighted by Crippen LogP contribution is -2.21. The van der Waals surface area contributed by atoms with Crippen molar-refractivity contribution in [2.24, 2.45) is 0 Å². The molecule has 1 unspecified atom stereocenters. The summed E-state index contributed by atoms with van der Waals surface area (Å²) >= 11 is 0. The highest BCUT2D eigenvalue weighted by molar-refractivity contribution is 6.03. The summed E-state index contributed by atoms with van der Waals surface area (Å²) in [5.74, 6) is 1.40. The van der Waals surface area contributed by atoms with Gasteiger partial charge in [-0.2, -0.15) is 0 Å². The Balaban J connectivity index is 1.40. The third kappa shape index (κ3) is 3.85. The van der Waals surface area contributed by atoms with Gasteiger partial charge < -0.3 is 24.8 Å². The Morgan fingerprint density at radius 1 is 1.15 bits per heavy atom. The lowest BCUT2D eigenvalue weighted by molar-refractivity contribution is 0.102. The van der Waals surface area contributed by atoms with Crippen molar-refractivity contribution in [1.82, 2.24) is 9.97 Å². The van der Waals surface area contributed by atoms with Crippen molar-refractivity contribution in [2.75, 3.05) is 37.0 Å². The number of ether oxygens (including phenoxy) is 3. The number of nitrogens with zero attached hydrogens (tertiary/aromatic N) is 2. The van der Waals surface area contributed by atoms with E-state index < -0.39 is 0 Å². The first-order chi connectivity index (χ1) is 12.8. The van der Waals surface area contributed by atoms with Crippen LogP contribution >= 0.6 is 0 Å². The van der Waals surface area contributed by atoms with E-state index in [1.54, 1.807) is 30.5 Å². The van der Waals surface area contributed by atoms with Crippen LogP contribution in [0.5, 0.6) is 11.5 Å². The van der Waals surface area contributed by atoms with E-state index in [-0.39, 0.29) is 17.7 Å². The minimum Gasteiger partial charge on any atom is -0.486 e. The number of anilines is 2. The van der Waals surface area contributed by atoms with Crippen LogP contribution in [0.25, 0.3) is 0 Å². The second-order valence-corrected chi connectivity index (χ2v) is 6.09. The van der Waals surface area contributed by atoms with Crippen molar-refractivity contribution in [1.29, 1.82) is 0 Å². The van der Waals surface area contributed by atoms with Gasteiger partial charge in [-0.1, -0.05) is 0 Å². The Morgan fingerprint density at radius 3 is 2.88 bits per heavy atom. The molecule has 1 aromatic heterocycles. The maximum atomic E-state index is 12.5. The van der Waals surface area contributed by atoms with Gasteiger partial charge in [-0.05, 0) is 31.0 Å². The third-order valence-corrected chi connectivity index (χ3v) is 4.20. The van der Waals surface area contributed by atoms with Crippen LogP contribution in [0.3, 0.4) is 0 Å². The molecule has 2 aromatic rings. The molecule has 1 amide bonds. The number of carbonyl (C=O) groups excluding carboxylic acids is 1.